The van der Waals surface area contributed by atoms with Gasteiger partial charge in [0, 0.05) is 0 Å². The molecule has 0 aliphatic heterocycles. The van der Waals surface area contributed by atoms with Gasteiger partial charge in [-0.05, 0) is 0 Å². The molecule has 0 aromatic heterocycles. The third-order valence-electron chi connectivity index (χ3n) is 1.52. The molecule has 0 heterocycles. The Bertz CT molecular complexity index is 255. The zero-order valence-corrected chi connectivity index (χ0v) is 6.22. The molecule has 1 nitrogen and oxygen atoms in total. The summed E-state index contributed by atoms with van der Waals surface area (Å²) in [5, 5.41) is 0. The third-order valence-corrected chi connectivity index (χ3v) is 1.52. The van der Waals surface area contributed by atoms with Gasteiger partial charge in [-0.1, -0.05) is 0 Å². The van der Waals surface area contributed by atoms with Gasteiger partial charge in [0.15, 0.2) is 0 Å². The molecule has 1 aromatic carbocycles. The number of rotatable bonds is 1. The molecule has 10 heavy (non-hydrogen) atoms. The van der Waals surface area contributed by atoms with Crippen molar-refractivity contribution in [3.63, 3.8) is 0 Å². The average molecular weight is 126 g/mol. The molecule has 1 rings (SSSR count). The first kappa shape index (κ1) is 7.59. The molecule has 0 atom stereocenters. The second-order valence-corrected chi connectivity index (χ2v) is 2.37. The van der Waals surface area contributed by atoms with Crippen molar-refractivity contribution in [2.75, 3.05) is 0 Å². The van der Waals surface area contributed by atoms with Gasteiger partial charge in [0.1, 0.15) is 0 Å². The number of carbonyl (C=O) groups is 1. The SMILES string of the molecule is [Li][C](=O)c1ccccc1C. The Labute approximate surface area is 69.6 Å². The van der Waals surface area contributed by atoms with Gasteiger partial charge in [-0.2, -0.15) is 0 Å². The quantitative estimate of drug-likeness (QED) is 0.518. The molecule has 1 aromatic rings. The standard InChI is InChI=1S/C8H7O.Li/c1-7-4-2-3-5-8(7)6-9;/h2-5H,1H3;. The van der Waals surface area contributed by atoms with Crippen LogP contribution in [0.1, 0.15) is 15.9 Å². The summed E-state index contributed by atoms with van der Waals surface area (Å²) in [6.07, 6.45) is 0. The molecule has 0 unspecified atom stereocenters. The van der Waals surface area contributed by atoms with Gasteiger partial charge in [0.05, 0.1) is 0 Å². The second kappa shape index (κ2) is 3.05. The van der Waals surface area contributed by atoms with Crippen molar-refractivity contribution in [3.05, 3.63) is 35.4 Å². The number of benzene rings is 1. The van der Waals surface area contributed by atoms with E-state index in [0.717, 1.165) is 11.1 Å². The van der Waals surface area contributed by atoms with Gasteiger partial charge in [0.2, 0.25) is 0 Å². The average Bonchev–Trinajstić information content (AvgIpc) is 1.88. The Morgan fingerprint density at radius 2 is 2.00 bits per heavy atom. The zero-order chi connectivity index (χ0) is 7.56. The number of hydrogen-bond donors (Lipinski definition) is 0. The first-order valence-corrected chi connectivity index (χ1v) is 3.28. The Balaban J connectivity index is 3.15. The van der Waals surface area contributed by atoms with E-state index in [9.17, 15) is 4.79 Å². The van der Waals surface area contributed by atoms with Crippen molar-refractivity contribution >= 4 is 22.2 Å². The fourth-order valence-corrected chi connectivity index (χ4v) is 0.968. The molecule has 0 aliphatic carbocycles. The van der Waals surface area contributed by atoms with Crippen molar-refractivity contribution in [2.24, 2.45) is 0 Å². The molecule has 0 fully saturated rings. The molecule has 0 saturated heterocycles. The van der Waals surface area contributed by atoms with Crippen LogP contribution in [0.4, 0.5) is 0 Å². The van der Waals surface area contributed by atoms with Crippen molar-refractivity contribution in [1.29, 1.82) is 0 Å². The topological polar surface area (TPSA) is 17.1 Å². The minimum absolute atomic E-state index is 0.137. The van der Waals surface area contributed by atoms with E-state index >= 15 is 0 Å². The molecule has 0 saturated carbocycles. The van der Waals surface area contributed by atoms with Gasteiger partial charge >= 0.3 is 69.3 Å². The zero-order valence-electron chi connectivity index (χ0n) is 6.22. The van der Waals surface area contributed by atoms with Crippen LogP contribution >= 0.6 is 0 Å². The Hall–Kier alpha value is -0.513. The van der Waals surface area contributed by atoms with E-state index in [-0.39, 0.29) is 4.46 Å². The van der Waals surface area contributed by atoms with Gasteiger partial charge in [-0.3, -0.25) is 0 Å². The summed E-state index contributed by atoms with van der Waals surface area (Å²) in [7, 11) is 0. The molecule has 0 radical (unpaired) electrons. The van der Waals surface area contributed by atoms with E-state index in [1.54, 1.807) is 17.7 Å². The first-order valence-electron chi connectivity index (χ1n) is 3.28. The number of hydrogen-bond acceptors (Lipinski definition) is 1. The van der Waals surface area contributed by atoms with Crippen LogP contribution in [0, 0.1) is 6.92 Å². The summed E-state index contributed by atoms with van der Waals surface area (Å²) < 4.78 is 0.137. The summed E-state index contributed by atoms with van der Waals surface area (Å²) in [4.78, 5) is 10.9. The molecular formula is C8H7LiO. The summed E-state index contributed by atoms with van der Waals surface area (Å²) in [6, 6.07) is 7.60. The van der Waals surface area contributed by atoms with Crippen molar-refractivity contribution in [1.82, 2.24) is 0 Å². The van der Waals surface area contributed by atoms with Gasteiger partial charge in [-0.15, -0.1) is 0 Å². The predicted octanol–water partition coefficient (Wildman–Crippen LogP) is 1.30. The minimum atomic E-state index is 0.137. The molecular weight excluding hydrogens is 119 g/mol. The maximum absolute atomic E-state index is 10.9. The third kappa shape index (κ3) is 1.50. The van der Waals surface area contributed by atoms with Gasteiger partial charge < -0.3 is 0 Å². The van der Waals surface area contributed by atoms with E-state index in [0.29, 0.717) is 0 Å². The summed E-state index contributed by atoms with van der Waals surface area (Å²) in [6.45, 7) is 1.94. The van der Waals surface area contributed by atoms with Gasteiger partial charge in [0.25, 0.3) is 0 Å². The van der Waals surface area contributed by atoms with Crippen LogP contribution in [-0.2, 0) is 0 Å². The molecule has 0 amide bonds. The van der Waals surface area contributed by atoms with Crippen molar-refractivity contribution in [2.45, 2.75) is 6.92 Å². The van der Waals surface area contributed by atoms with Crippen LogP contribution in [0.2, 0.25) is 0 Å². The van der Waals surface area contributed by atoms with E-state index in [1.165, 1.54) is 0 Å². The number of aryl methyl sites for hydroxylation is 1. The Morgan fingerprint density at radius 1 is 1.40 bits per heavy atom. The summed E-state index contributed by atoms with van der Waals surface area (Å²) in [5.41, 5.74) is 1.87. The van der Waals surface area contributed by atoms with Gasteiger partial charge in [-0.25, -0.2) is 0 Å². The summed E-state index contributed by atoms with van der Waals surface area (Å²) >= 11 is 1.59. The van der Waals surface area contributed by atoms with E-state index in [1.807, 2.05) is 31.2 Å². The van der Waals surface area contributed by atoms with Crippen molar-refractivity contribution < 1.29 is 4.79 Å². The van der Waals surface area contributed by atoms with E-state index in [4.69, 9.17) is 0 Å². The fourth-order valence-electron chi connectivity index (χ4n) is 0.968. The van der Waals surface area contributed by atoms with Crippen molar-refractivity contribution in [3.8, 4) is 0 Å². The van der Waals surface area contributed by atoms with Crippen LogP contribution in [0.25, 0.3) is 0 Å². The molecule has 46 valence electrons. The summed E-state index contributed by atoms with van der Waals surface area (Å²) in [5.74, 6) is 0. The molecule has 0 bridgehead atoms. The van der Waals surface area contributed by atoms with Crippen LogP contribution in [0.15, 0.2) is 24.3 Å². The maximum atomic E-state index is 10.9. The van der Waals surface area contributed by atoms with E-state index in [2.05, 4.69) is 0 Å². The second-order valence-electron chi connectivity index (χ2n) is 2.37. The molecule has 0 spiro atoms. The Kier molecular flexibility index (Phi) is 2.32. The van der Waals surface area contributed by atoms with Crippen LogP contribution in [0.3, 0.4) is 0 Å². The molecule has 0 aliphatic rings. The number of carbonyl (C=O) groups excluding carboxylic acids is 1. The van der Waals surface area contributed by atoms with E-state index < -0.39 is 0 Å². The molecule has 2 heteroatoms. The van der Waals surface area contributed by atoms with Crippen LogP contribution in [-0.4, -0.2) is 22.2 Å². The fraction of sp³-hybridized carbons (Fsp3) is 0.125. The Morgan fingerprint density at radius 3 is 2.40 bits per heavy atom. The monoisotopic (exact) mass is 126 g/mol. The predicted molar refractivity (Wildman–Crippen MR) is 41.3 cm³/mol. The normalized spacial score (nSPS) is 9.50. The molecule has 0 N–H and O–H groups in total. The van der Waals surface area contributed by atoms with Crippen LogP contribution in [0.5, 0.6) is 0 Å². The first-order chi connectivity index (χ1) is 4.72. The van der Waals surface area contributed by atoms with Crippen LogP contribution < -0.4 is 0 Å².